The summed E-state index contributed by atoms with van der Waals surface area (Å²) in [5, 5.41) is 13.2. The number of alkyl halides is 3. The molecule has 2 heterocycles. The summed E-state index contributed by atoms with van der Waals surface area (Å²) in [6, 6.07) is 6.13. The lowest BCUT2D eigenvalue weighted by atomic mass is 9.93. The van der Waals surface area contributed by atoms with Gasteiger partial charge in [0.15, 0.2) is 5.69 Å². The summed E-state index contributed by atoms with van der Waals surface area (Å²) in [5.41, 5.74) is -0.588. The number of ether oxygens (including phenoxy) is 1. The number of hydrogen-bond donors (Lipinski definition) is 3. The lowest BCUT2D eigenvalue weighted by Gasteiger charge is -2.28. The van der Waals surface area contributed by atoms with Crippen molar-refractivity contribution in [3.05, 3.63) is 41.6 Å². The van der Waals surface area contributed by atoms with E-state index in [4.69, 9.17) is 4.74 Å². The fourth-order valence-electron chi connectivity index (χ4n) is 6.04. The highest BCUT2D eigenvalue weighted by molar-refractivity contribution is 5.94. The van der Waals surface area contributed by atoms with E-state index >= 15 is 0 Å². The molecule has 2 aromatic rings. The smallest absolute Gasteiger partial charge is 0.380 e. The second-order valence-electron chi connectivity index (χ2n) is 12.9. The lowest BCUT2D eigenvalue weighted by Crippen LogP contribution is -2.46. The summed E-state index contributed by atoms with van der Waals surface area (Å²) in [6.45, 7) is 5.46. The van der Waals surface area contributed by atoms with Crippen molar-refractivity contribution in [2.24, 2.45) is 5.92 Å². The number of halogens is 3. The molecule has 3 aliphatic rings. The molecule has 2 aliphatic carbocycles. The third kappa shape index (κ3) is 10.5. The Hall–Kier alpha value is -3.41. The van der Waals surface area contributed by atoms with Crippen molar-refractivity contribution in [3.63, 3.8) is 0 Å². The molecule has 47 heavy (non-hydrogen) atoms. The first kappa shape index (κ1) is 36.4. The summed E-state index contributed by atoms with van der Waals surface area (Å²) in [5.74, 6) is -1.10. The molecule has 2 saturated carbocycles. The van der Waals surface area contributed by atoms with Crippen LogP contribution in [0.5, 0.6) is 0 Å². The van der Waals surface area contributed by atoms with E-state index in [1.165, 1.54) is 49.9 Å². The van der Waals surface area contributed by atoms with Crippen molar-refractivity contribution in [1.29, 1.82) is 0 Å². The van der Waals surface area contributed by atoms with Gasteiger partial charge >= 0.3 is 6.18 Å². The van der Waals surface area contributed by atoms with Crippen LogP contribution in [0, 0.1) is 5.92 Å². The quantitative estimate of drug-likeness (QED) is 0.198. The van der Waals surface area contributed by atoms with E-state index in [1.54, 1.807) is 4.68 Å². The third-order valence-electron chi connectivity index (χ3n) is 9.14. The Balaban J connectivity index is 0.000000762. The normalized spacial score (nSPS) is 17.6. The largest absolute Gasteiger partial charge is 0.417 e. The van der Waals surface area contributed by atoms with E-state index in [0.717, 1.165) is 51.0 Å². The summed E-state index contributed by atoms with van der Waals surface area (Å²) < 4.78 is 48.3. The average molecular weight is 662 g/mol. The third-order valence-corrected chi connectivity index (χ3v) is 9.14. The number of unbranched alkanes of at least 4 members (excludes halogenated alkanes) is 3. The summed E-state index contributed by atoms with van der Waals surface area (Å²) in [4.78, 5) is 38.3. The monoisotopic (exact) mass is 661 g/mol. The molecular formula is C35H50F3N5O4. The predicted octanol–water partition coefficient (Wildman–Crippen LogP) is 6.58. The number of benzene rings is 1. The van der Waals surface area contributed by atoms with Gasteiger partial charge in [-0.2, -0.15) is 18.3 Å². The van der Waals surface area contributed by atoms with Crippen molar-refractivity contribution in [1.82, 2.24) is 25.7 Å². The Labute approximate surface area is 275 Å². The minimum absolute atomic E-state index is 0.0102. The van der Waals surface area contributed by atoms with Crippen LogP contribution in [-0.2, 0) is 20.5 Å². The Morgan fingerprint density at radius 3 is 2.26 bits per heavy atom. The van der Waals surface area contributed by atoms with Crippen LogP contribution in [-0.4, -0.2) is 59.3 Å². The number of hydrogen-bond acceptors (Lipinski definition) is 5. The lowest BCUT2D eigenvalue weighted by molar-refractivity contribution is -0.139. The van der Waals surface area contributed by atoms with E-state index in [1.807, 2.05) is 0 Å². The standard InChI is InChI=1S/C29H36F3N5O4.C6H14/c30-29(31,32)23-11-4-3-10-22(23)25-15-24(36-37(25)21-8-1-2-9-21)28(40)35-20(14-26(38)34-19-6-5-7-19)12-13-33-27(39)18-16-41-17-18;1-3-5-6-4-2/h3-4,10-11,15,18-21H,1-2,5-9,12-14,16-17H2,(H,33,39)(H,34,38)(H,35,40);3-6H2,1-2H3. The van der Waals surface area contributed by atoms with Crippen molar-refractivity contribution < 1.29 is 32.3 Å². The second-order valence-corrected chi connectivity index (χ2v) is 12.9. The molecule has 1 aromatic carbocycles. The number of nitrogens with zero attached hydrogens (tertiary/aromatic N) is 2. The van der Waals surface area contributed by atoms with E-state index in [-0.39, 0.29) is 59.7 Å². The maximum absolute atomic E-state index is 13.9. The molecule has 1 aromatic heterocycles. The van der Waals surface area contributed by atoms with Gasteiger partial charge < -0.3 is 20.7 Å². The molecule has 3 amide bonds. The first-order chi connectivity index (χ1) is 22.6. The molecule has 0 bridgehead atoms. The SMILES string of the molecule is CCCCCC.O=C(CC(CCNC(=O)C1COC1)NC(=O)c1cc(-c2ccccc2C(F)(F)F)n(C2CCCC2)n1)NC1CCC1. The molecule has 1 aliphatic heterocycles. The molecule has 12 heteroatoms. The zero-order valence-electron chi connectivity index (χ0n) is 27.7. The van der Waals surface area contributed by atoms with E-state index in [0.29, 0.717) is 19.6 Å². The minimum atomic E-state index is -4.57. The second kappa shape index (κ2) is 17.7. The fourth-order valence-corrected chi connectivity index (χ4v) is 6.04. The van der Waals surface area contributed by atoms with Crippen molar-refractivity contribution in [2.75, 3.05) is 19.8 Å². The zero-order valence-corrected chi connectivity index (χ0v) is 27.7. The summed E-state index contributed by atoms with van der Waals surface area (Å²) in [7, 11) is 0. The molecule has 1 atom stereocenters. The first-order valence-electron chi connectivity index (χ1n) is 17.3. The number of carbonyl (C=O) groups is 3. The molecule has 0 radical (unpaired) electrons. The van der Waals surface area contributed by atoms with Crippen LogP contribution in [0.2, 0.25) is 0 Å². The highest BCUT2D eigenvalue weighted by atomic mass is 19.4. The van der Waals surface area contributed by atoms with E-state index < -0.39 is 23.7 Å². The van der Waals surface area contributed by atoms with Gasteiger partial charge in [-0.3, -0.25) is 19.1 Å². The van der Waals surface area contributed by atoms with Crippen LogP contribution in [0.25, 0.3) is 11.3 Å². The summed E-state index contributed by atoms with van der Waals surface area (Å²) >= 11 is 0. The zero-order chi connectivity index (χ0) is 33.8. The Bertz CT molecular complexity index is 1310. The number of aromatic nitrogens is 2. The van der Waals surface area contributed by atoms with Gasteiger partial charge in [0.1, 0.15) is 0 Å². The minimum Gasteiger partial charge on any atom is -0.380 e. The van der Waals surface area contributed by atoms with Gasteiger partial charge in [0.25, 0.3) is 5.91 Å². The van der Waals surface area contributed by atoms with Gasteiger partial charge in [0.05, 0.1) is 36.4 Å². The van der Waals surface area contributed by atoms with Gasteiger partial charge in [-0.25, -0.2) is 0 Å². The van der Waals surface area contributed by atoms with Crippen molar-refractivity contribution in [3.8, 4) is 11.3 Å². The van der Waals surface area contributed by atoms with E-state index in [2.05, 4.69) is 34.9 Å². The van der Waals surface area contributed by atoms with Crippen LogP contribution in [0.15, 0.2) is 30.3 Å². The molecule has 0 spiro atoms. The first-order valence-corrected chi connectivity index (χ1v) is 17.3. The summed E-state index contributed by atoms with van der Waals surface area (Å²) in [6.07, 6.45) is 7.57. The number of rotatable bonds is 14. The van der Waals surface area contributed by atoms with Gasteiger partial charge in [0.2, 0.25) is 11.8 Å². The van der Waals surface area contributed by atoms with Gasteiger partial charge in [-0.15, -0.1) is 0 Å². The molecule has 3 N–H and O–H groups in total. The molecule has 9 nitrogen and oxygen atoms in total. The van der Waals surface area contributed by atoms with Crippen molar-refractivity contribution in [2.45, 2.75) is 122 Å². The highest BCUT2D eigenvalue weighted by Gasteiger charge is 2.36. The van der Waals surface area contributed by atoms with E-state index in [9.17, 15) is 27.6 Å². The van der Waals surface area contributed by atoms with Crippen LogP contribution in [0.4, 0.5) is 13.2 Å². The van der Waals surface area contributed by atoms with Gasteiger partial charge in [-0.1, -0.05) is 70.6 Å². The molecule has 5 rings (SSSR count). The Morgan fingerprint density at radius 1 is 1.00 bits per heavy atom. The Kier molecular flexibility index (Phi) is 13.7. The van der Waals surface area contributed by atoms with Crippen LogP contribution < -0.4 is 16.0 Å². The molecule has 3 fully saturated rings. The number of amides is 3. The van der Waals surface area contributed by atoms with Crippen LogP contribution >= 0.6 is 0 Å². The number of nitrogens with one attached hydrogen (secondary N) is 3. The maximum atomic E-state index is 13.9. The molecule has 1 saturated heterocycles. The molecular weight excluding hydrogens is 611 g/mol. The Morgan fingerprint density at radius 2 is 1.68 bits per heavy atom. The fraction of sp³-hybridized carbons (Fsp3) is 0.657. The number of carbonyl (C=O) groups excluding carboxylic acids is 3. The van der Waals surface area contributed by atoms with Gasteiger partial charge in [0, 0.05) is 30.6 Å². The van der Waals surface area contributed by atoms with Crippen LogP contribution in [0.3, 0.4) is 0 Å². The molecule has 260 valence electrons. The van der Waals surface area contributed by atoms with Crippen molar-refractivity contribution >= 4 is 17.7 Å². The predicted molar refractivity (Wildman–Crippen MR) is 174 cm³/mol. The topological polar surface area (TPSA) is 114 Å². The average Bonchev–Trinajstić information content (AvgIpc) is 3.68. The molecule has 1 unspecified atom stereocenters. The maximum Gasteiger partial charge on any atom is 0.417 e. The van der Waals surface area contributed by atoms with Crippen LogP contribution in [0.1, 0.15) is 119 Å². The highest BCUT2D eigenvalue weighted by Crippen LogP contribution is 2.40. The van der Waals surface area contributed by atoms with Gasteiger partial charge in [-0.05, 0) is 50.7 Å².